The smallest absolute Gasteiger partial charge is 0.167 e. The first-order chi connectivity index (χ1) is 6.80. The number of aliphatic hydroxyl groups is 1. The summed E-state index contributed by atoms with van der Waals surface area (Å²) in [4.78, 5) is 0. The Bertz CT molecular complexity index is 267. The standard InChI is InChI=1S/C12H21NO2.ClH/c1-9-3-10(2)5-11(4-9,8-13)15-12(14,6-9)7-10;/h14H,3-8,13H2,1-2H3;1H. The molecule has 16 heavy (non-hydrogen) atoms. The summed E-state index contributed by atoms with van der Waals surface area (Å²) in [7, 11) is 0. The van der Waals surface area contributed by atoms with Gasteiger partial charge in [-0.2, -0.15) is 0 Å². The molecule has 4 rings (SSSR count). The van der Waals surface area contributed by atoms with Gasteiger partial charge in [0.2, 0.25) is 0 Å². The quantitative estimate of drug-likeness (QED) is 0.743. The highest BCUT2D eigenvalue weighted by atomic mass is 35.5. The number of nitrogens with two attached hydrogens (primary N) is 1. The molecule has 2 aliphatic heterocycles. The predicted octanol–water partition coefficient (Wildman–Crippen LogP) is 1.81. The molecule has 0 aromatic rings. The van der Waals surface area contributed by atoms with Crippen LogP contribution < -0.4 is 5.73 Å². The van der Waals surface area contributed by atoms with Crippen molar-refractivity contribution in [3.05, 3.63) is 0 Å². The van der Waals surface area contributed by atoms with E-state index in [2.05, 4.69) is 13.8 Å². The Morgan fingerprint density at radius 1 is 1.06 bits per heavy atom. The predicted molar refractivity (Wildman–Crippen MR) is 64.4 cm³/mol. The highest BCUT2D eigenvalue weighted by Gasteiger charge is 2.65. The number of hydrogen-bond donors (Lipinski definition) is 2. The minimum atomic E-state index is -0.891. The Balaban J connectivity index is 0.000000963. The zero-order valence-electron chi connectivity index (χ0n) is 10.1. The van der Waals surface area contributed by atoms with Crippen LogP contribution in [-0.4, -0.2) is 23.0 Å². The van der Waals surface area contributed by atoms with Crippen molar-refractivity contribution in [3.63, 3.8) is 0 Å². The van der Waals surface area contributed by atoms with Gasteiger partial charge in [-0.25, -0.2) is 0 Å². The van der Waals surface area contributed by atoms with Crippen LogP contribution in [0.1, 0.15) is 46.0 Å². The lowest BCUT2D eigenvalue weighted by molar-refractivity contribution is -0.384. The van der Waals surface area contributed by atoms with Crippen LogP contribution in [0.5, 0.6) is 0 Å². The van der Waals surface area contributed by atoms with E-state index in [1.54, 1.807) is 0 Å². The highest BCUT2D eigenvalue weighted by molar-refractivity contribution is 5.85. The van der Waals surface area contributed by atoms with Crippen molar-refractivity contribution in [2.24, 2.45) is 16.6 Å². The third-order valence-corrected chi connectivity index (χ3v) is 4.54. The lowest BCUT2D eigenvalue weighted by atomic mass is 9.48. The monoisotopic (exact) mass is 247 g/mol. The van der Waals surface area contributed by atoms with Crippen LogP contribution in [0.15, 0.2) is 0 Å². The molecule has 0 spiro atoms. The van der Waals surface area contributed by atoms with Crippen molar-refractivity contribution >= 4 is 12.4 Å². The summed E-state index contributed by atoms with van der Waals surface area (Å²) in [6, 6.07) is 0. The molecule has 0 amide bonds. The summed E-state index contributed by atoms with van der Waals surface area (Å²) < 4.78 is 5.91. The largest absolute Gasteiger partial charge is 0.365 e. The Kier molecular flexibility index (Phi) is 2.47. The van der Waals surface area contributed by atoms with Gasteiger partial charge in [-0.05, 0) is 30.1 Å². The topological polar surface area (TPSA) is 55.5 Å². The molecule has 4 bridgehead atoms. The van der Waals surface area contributed by atoms with Gasteiger partial charge in [0.1, 0.15) is 0 Å². The zero-order valence-corrected chi connectivity index (χ0v) is 10.9. The Morgan fingerprint density at radius 2 is 1.56 bits per heavy atom. The van der Waals surface area contributed by atoms with Crippen LogP contribution >= 0.6 is 12.4 Å². The molecule has 3 N–H and O–H groups in total. The van der Waals surface area contributed by atoms with Crippen LogP contribution in [0.2, 0.25) is 0 Å². The van der Waals surface area contributed by atoms with E-state index in [9.17, 15) is 5.11 Å². The summed E-state index contributed by atoms with van der Waals surface area (Å²) in [6.07, 6.45) is 4.84. The number of hydrogen-bond acceptors (Lipinski definition) is 3. The molecule has 0 aromatic carbocycles. The first-order valence-corrected chi connectivity index (χ1v) is 5.93. The second-order valence-electron chi connectivity index (χ2n) is 6.94. The van der Waals surface area contributed by atoms with E-state index in [1.807, 2.05) is 0 Å². The normalized spacial score (nSPS) is 58.5. The Labute approximate surface area is 103 Å². The van der Waals surface area contributed by atoms with Crippen LogP contribution in [-0.2, 0) is 4.74 Å². The van der Waals surface area contributed by atoms with Gasteiger partial charge in [0, 0.05) is 19.4 Å². The molecule has 2 saturated carbocycles. The molecule has 0 radical (unpaired) electrons. The van der Waals surface area contributed by atoms with Gasteiger partial charge in [0.05, 0.1) is 5.60 Å². The summed E-state index contributed by atoms with van der Waals surface area (Å²) in [5.41, 5.74) is 6.09. The molecule has 4 fully saturated rings. The summed E-state index contributed by atoms with van der Waals surface area (Å²) in [5.74, 6) is -0.891. The third kappa shape index (κ3) is 1.60. The molecule has 0 aromatic heterocycles. The first-order valence-electron chi connectivity index (χ1n) is 5.93. The summed E-state index contributed by atoms with van der Waals surface area (Å²) in [5, 5.41) is 10.5. The van der Waals surface area contributed by atoms with Crippen LogP contribution in [0.25, 0.3) is 0 Å². The van der Waals surface area contributed by atoms with Crippen molar-refractivity contribution in [3.8, 4) is 0 Å². The van der Waals surface area contributed by atoms with E-state index in [-0.39, 0.29) is 28.8 Å². The molecular formula is C12H22ClNO2. The van der Waals surface area contributed by atoms with Gasteiger partial charge < -0.3 is 15.6 Å². The molecule has 94 valence electrons. The van der Waals surface area contributed by atoms with E-state index in [0.717, 1.165) is 25.7 Å². The minimum Gasteiger partial charge on any atom is -0.365 e. The fraction of sp³-hybridized carbons (Fsp3) is 1.00. The van der Waals surface area contributed by atoms with Crippen LogP contribution in [0.3, 0.4) is 0 Å². The molecule has 2 unspecified atom stereocenters. The fourth-order valence-electron chi connectivity index (χ4n) is 5.15. The Hall–Kier alpha value is 0.170. The minimum absolute atomic E-state index is 0. The second-order valence-corrected chi connectivity index (χ2v) is 6.94. The van der Waals surface area contributed by atoms with E-state index in [4.69, 9.17) is 10.5 Å². The van der Waals surface area contributed by atoms with E-state index < -0.39 is 5.79 Å². The molecule has 3 nitrogen and oxygen atoms in total. The summed E-state index contributed by atoms with van der Waals surface area (Å²) in [6.45, 7) is 5.10. The third-order valence-electron chi connectivity index (χ3n) is 4.54. The second kappa shape index (κ2) is 3.14. The van der Waals surface area contributed by atoms with Gasteiger partial charge >= 0.3 is 0 Å². The van der Waals surface area contributed by atoms with Gasteiger partial charge in [-0.15, -0.1) is 12.4 Å². The zero-order chi connectivity index (χ0) is 10.9. The van der Waals surface area contributed by atoms with Crippen molar-refractivity contribution < 1.29 is 9.84 Å². The number of ether oxygens (including phenoxy) is 1. The number of halogens is 1. The van der Waals surface area contributed by atoms with Crippen molar-refractivity contribution in [1.29, 1.82) is 0 Å². The van der Waals surface area contributed by atoms with E-state index >= 15 is 0 Å². The highest BCUT2D eigenvalue weighted by Crippen LogP contribution is 2.66. The van der Waals surface area contributed by atoms with Crippen molar-refractivity contribution in [1.82, 2.24) is 0 Å². The molecule has 2 saturated heterocycles. The average Bonchev–Trinajstić information content (AvgIpc) is 1.94. The molecule has 2 heterocycles. The lowest BCUT2D eigenvalue weighted by Gasteiger charge is -2.67. The van der Waals surface area contributed by atoms with Crippen LogP contribution in [0, 0.1) is 10.8 Å². The van der Waals surface area contributed by atoms with Gasteiger partial charge in [-0.3, -0.25) is 0 Å². The first kappa shape index (κ1) is 12.6. The van der Waals surface area contributed by atoms with Gasteiger partial charge in [0.15, 0.2) is 5.79 Å². The van der Waals surface area contributed by atoms with Gasteiger partial charge in [-0.1, -0.05) is 13.8 Å². The van der Waals surface area contributed by atoms with E-state index in [0.29, 0.717) is 6.54 Å². The molecular weight excluding hydrogens is 226 g/mol. The van der Waals surface area contributed by atoms with Crippen molar-refractivity contribution in [2.45, 2.75) is 57.3 Å². The SMILES string of the molecule is CC12CC3(C)CC(O)(C1)OC(CN)(C2)C3.Cl. The average molecular weight is 248 g/mol. The molecule has 2 atom stereocenters. The fourth-order valence-corrected chi connectivity index (χ4v) is 5.15. The lowest BCUT2D eigenvalue weighted by Crippen LogP contribution is -2.69. The molecule has 2 aliphatic carbocycles. The van der Waals surface area contributed by atoms with Gasteiger partial charge in [0.25, 0.3) is 0 Å². The van der Waals surface area contributed by atoms with Crippen molar-refractivity contribution in [2.75, 3.05) is 6.54 Å². The number of rotatable bonds is 1. The molecule has 4 aliphatic rings. The van der Waals surface area contributed by atoms with E-state index in [1.165, 1.54) is 6.42 Å². The maximum atomic E-state index is 10.5. The molecule has 4 heteroatoms. The maximum Gasteiger partial charge on any atom is 0.167 e. The summed E-state index contributed by atoms with van der Waals surface area (Å²) >= 11 is 0. The maximum absolute atomic E-state index is 10.5. The van der Waals surface area contributed by atoms with Crippen LogP contribution in [0.4, 0.5) is 0 Å². The Morgan fingerprint density at radius 3 is 1.94 bits per heavy atom.